The maximum Gasteiger partial charge on any atom is 0.317 e. The molecule has 2 heterocycles. The third-order valence-corrected chi connectivity index (χ3v) is 5.65. The molecule has 1 fully saturated rings. The number of carboxylic acid groups (broad SMARTS) is 1. The van der Waals surface area contributed by atoms with Crippen LogP contribution in [0, 0.1) is 0 Å². The number of likely N-dealkylation sites (N-methyl/N-ethyl adjacent to an activating group) is 1. The third-order valence-electron chi connectivity index (χ3n) is 5.65. The molecule has 0 spiro atoms. The van der Waals surface area contributed by atoms with Crippen molar-refractivity contribution in [2.75, 3.05) is 37.6 Å². The number of carboxylic acids is 1. The van der Waals surface area contributed by atoms with Gasteiger partial charge in [-0.25, -0.2) is 0 Å². The van der Waals surface area contributed by atoms with Gasteiger partial charge >= 0.3 is 5.97 Å². The zero-order valence-electron chi connectivity index (χ0n) is 15.7. The molecule has 0 aromatic heterocycles. The molecule has 1 aromatic carbocycles. The fourth-order valence-corrected chi connectivity index (χ4v) is 4.33. The van der Waals surface area contributed by atoms with E-state index in [9.17, 15) is 9.59 Å². The number of carbonyl (C=O) groups is 2. The number of fused-ring (bicyclic) bond motifs is 1. The largest absolute Gasteiger partial charge is 0.480 e. The second-order valence-electron chi connectivity index (χ2n) is 7.41. The van der Waals surface area contributed by atoms with Crippen molar-refractivity contribution < 1.29 is 14.7 Å². The van der Waals surface area contributed by atoms with Gasteiger partial charge in [0.25, 0.3) is 0 Å². The summed E-state index contributed by atoms with van der Waals surface area (Å²) in [5.74, 6) is -0.607. The number of aliphatic carboxylic acids is 1. The van der Waals surface area contributed by atoms with Crippen molar-refractivity contribution in [1.29, 1.82) is 0 Å². The van der Waals surface area contributed by atoms with Crippen LogP contribution in [0.15, 0.2) is 24.3 Å². The Morgan fingerprint density at radius 1 is 1.23 bits per heavy atom. The first-order valence-electron chi connectivity index (χ1n) is 9.57. The molecule has 0 aliphatic carbocycles. The van der Waals surface area contributed by atoms with Crippen LogP contribution < -0.4 is 4.90 Å². The molecule has 1 aromatic rings. The summed E-state index contributed by atoms with van der Waals surface area (Å²) in [6, 6.07) is 8.67. The van der Waals surface area contributed by atoms with Gasteiger partial charge in [0.1, 0.15) is 0 Å². The molecule has 0 saturated carbocycles. The van der Waals surface area contributed by atoms with Crippen LogP contribution in [0.3, 0.4) is 0 Å². The normalized spacial score (nSPS) is 21.2. The first kappa shape index (κ1) is 18.9. The van der Waals surface area contributed by atoms with E-state index in [1.807, 2.05) is 34.9 Å². The minimum atomic E-state index is -0.772. The lowest BCUT2D eigenvalue weighted by Crippen LogP contribution is -2.49. The quantitative estimate of drug-likeness (QED) is 0.840. The number of para-hydroxylation sites is 1. The van der Waals surface area contributed by atoms with Crippen LogP contribution >= 0.6 is 0 Å². The fourth-order valence-electron chi connectivity index (χ4n) is 4.33. The Bertz CT molecular complexity index is 655. The van der Waals surface area contributed by atoms with Gasteiger partial charge in [-0.1, -0.05) is 25.1 Å². The van der Waals surface area contributed by atoms with Gasteiger partial charge in [0.2, 0.25) is 5.91 Å². The summed E-state index contributed by atoms with van der Waals surface area (Å²) in [6.45, 7) is 7.09. The van der Waals surface area contributed by atoms with Crippen LogP contribution in [0.25, 0.3) is 0 Å². The molecule has 2 aliphatic heterocycles. The molecule has 0 bridgehead atoms. The summed E-state index contributed by atoms with van der Waals surface area (Å²) in [6.07, 6.45) is 2.76. The molecule has 1 unspecified atom stereocenters. The number of hydrogen-bond acceptors (Lipinski definition) is 4. The monoisotopic (exact) mass is 359 g/mol. The van der Waals surface area contributed by atoms with E-state index in [1.165, 1.54) is 5.56 Å². The zero-order valence-corrected chi connectivity index (χ0v) is 15.7. The number of likely N-dealkylation sites (tertiary alicyclic amines) is 1. The Labute approximate surface area is 155 Å². The number of nitrogens with zero attached hydrogens (tertiary/aromatic N) is 3. The van der Waals surface area contributed by atoms with E-state index in [0.29, 0.717) is 12.6 Å². The molecular weight excluding hydrogens is 330 g/mol. The van der Waals surface area contributed by atoms with Crippen molar-refractivity contribution in [2.24, 2.45) is 0 Å². The Balaban J connectivity index is 1.55. The maximum absolute atomic E-state index is 12.9. The molecule has 3 rings (SSSR count). The van der Waals surface area contributed by atoms with Crippen LogP contribution in [0.5, 0.6) is 0 Å². The minimum Gasteiger partial charge on any atom is -0.480 e. The Kier molecular flexibility index (Phi) is 5.94. The van der Waals surface area contributed by atoms with E-state index in [0.717, 1.165) is 44.6 Å². The summed E-state index contributed by atoms with van der Waals surface area (Å²) in [7, 11) is 0. The highest BCUT2D eigenvalue weighted by molar-refractivity contribution is 5.97. The van der Waals surface area contributed by atoms with Gasteiger partial charge in [0, 0.05) is 30.9 Å². The lowest BCUT2D eigenvalue weighted by atomic mass is 10.0. The van der Waals surface area contributed by atoms with Crippen LogP contribution in [0.1, 0.15) is 32.3 Å². The Morgan fingerprint density at radius 2 is 1.92 bits per heavy atom. The molecule has 142 valence electrons. The molecule has 1 saturated heterocycles. The van der Waals surface area contributed by atoms with Gasteiger partial charge in [0.05, 0.1) is 13.1 Å². The maximum atomic E-state index is 12.9. The third kappa shape index (κ3) is 4.07. The van der Waals surface area contributed by atoms with Gasteiger partial charge in [-0.2, -0.15) is 0 Å². The number of benzene rings is 1. The second kappa shape index (κ2) is 8.18. The summed E-state index contributed by atoms with van der Waals surface area (Å²) < 4.78 is 0. The molecule has 1 atom stereocenters. The predicted octanol–water partition coefficient (Wildman–Crippen LogP) is 1.84. The van der Waals surface area contributed by atoms with Crippen molar-refractivity contribution in [3.63, 3.8) is 0 Å². The molecule has 26 heavy (non-hydrogen) atoms. The number of hydrogen-bond donors (Lipinski definition) is 1. The molecule has 6 nitrogen and oxygen atoms in total. The number of carbonyl (C=O) groups excluding carboxylic acids is 1. The molecule has 0 radical (unpaired) electrons. The smallest absolute Gasteiger partial charge is 0.317 e. The second-order valence-corrected chi connectivity index (χ2v) is 7.41. The number of piperidine rings is 1. The standard InChI is InChI=1S/C20H29N3O3/c1-3-22(14-20(25)26)17-8-10-21(11-9-17)13-19(24)23-15(2)12-16-6-4-5-7-18(16)23/h4-7,15,17H,3,8-14H2,1-2H3,(H,25,26). The zero-order chi connectivity index (χ0) is 18.7. The minimum absolute atomic E-state index is 0.0994. The van der Waals surface area contributed by atoms with Crippen molar-refractivity contribution in [2.45, 2.75) is 45.2 Å². The average molecular weight is 359 g/mol. The molecule has 6 heteroatoms. The van der Waals surface area contributed by atoms with Gasteiger partial charge in [-0.3, -0.25) is 19.4 Å². The van der Waals surface area contributed by atoms with E-state index in [2.05, 4.69) is 17.9 Å². The van der Waals surface area contributed by atoms with Crippen molar-refractivity contribution in [1.82, 2.24) is 9.80 Å². The Morgan fingerprint density at radius 3 is 2.58 bits per heavy atom. The van der Waals surface area contributed by atoms with Gasteiger partial charge < -0.3 is 10.0 Å². The van der Waals surface area contributed by atoms with E-state index >= 15 is 0 Å². The number of amides is 1. The van der Waals surface area contributed by atoms with Gasteiger partial charge in [0.15, 0.2) is 0 Å². The average Bonchev–Trinajstić information content (AvgIpc) is 2.96. The fraction of sp³-hybridized carbons (Fsp3) is 0.600. The van der Waals surface area contributed by atoms with Crippen molar-refractivity contribution >= 4 is 17.6 Å². The SMILES string of the molecule is CCN(CC(=O)O)C1CCN(CC(=O)N2c3ccccc3CC2C)CC1. The van der Waals surface area contributed by atoms with E-state index in [1.54, 1.807) is 0 Å². The first-order chi connectivity index (χ1) is 12.5. The highest BCUT2D eigenvalue weighted by Gasteiger charge is 2.32. The lowest BCUT2D eigenvalue weighted by Gasteiger charge is -2.37. The van der Waals surface area contributed by atoms with Crippen LogP contribution in [-0.4, -0.2) is 71.6 Å². The van der Waals surface area contributed by atoms with Crippen LogP contribution in [0.4, 0.5) is 5.69 Å². The van der Waals surface area contributed by atoms with E-state index in [-0.39, 0.29) is 18.5 Å². The topological polar surface area (TPSA) is 64.1 Å². The molecule has 1 amide bonds. The number of anilines is 1. The highest BCUT2D eigenvalue weighted by Crippen LogP contribution is 2.32. The van der Waals surface area contributed by atoms with Crippen LogP contribution in [-0.2, 0) is 16.0 Å². The summed E-state index contributed by atoms with van der Waals surface area (Å²) in [4.78, 5) is 30.1. The summed E-state index contributed by atoms with van der Waals surface area (Å²) >= 11 is 0. The molecular formula is C20H29N3O3. The first-order valence-corrected chi connectivity index (χ1v) is 9.57. The van der Waals surface area contributed by atoms with Gasteiger partial charge in [-0.15, -0.1) is 0 Å². The number of rotatable bonds is 6. The van der Waals surface area contributed by atoms with Crippen molar-refractivity contribution in [3.8, 4) is 0 Å². The van der Waals surface area contributed by atoms with Crippen LogP contribution in [0.2, 0.25) is 0 Å². The predicted molar refractivity (Wildman–Crippen MR) is 101 cm³/mol. The Hall–Kier alpha value is -1.92. The van der Waals surface area contributed by atoms with Crippen molar-refractivity contribution in [3.05, 3.63) is 29.8 Å². The highest BCUT2D eigenvalue weighted by atomic mass is 16.4. The summed E-state index contributed by atoms with van der Waals surface area (Å²) in [5.41, 5.74) is 2.30. The summed E-state index contributed by atoms with van der Waals surface area (Å²) in [5, 5.41) is 9.04. The van der Waals surface area contributed by atoms with E-state index < -0.39 is 5.97 Å². The lowest BCUT2D eigenvalue weighted by molar-refractivity contribution is -0.139. The molecule has 1 N–H and O–H groups in total. The van der Waals surface area contributed by atoms with E-state index in [4.69, 9.17) is 5.11 Å². The van der Waals surface area contributed by atoms with Gasteiger partial charge in [-0.05, 0) is 44.4 Å². The molecule has 2 aliphatic rings.